The van der Waals surface area contributed by atoms with Crippen molar-refractivity contribution < 1.29 is 0 Å². The van der Waals surface area contributed by atoms with E-state index < -0.39 is 0 Å². The van der Waals surface area contributed by atoms with Crippen LogP contribution in [0.3, 0.4) is 0 Å². The first kappa shape index (κ1) is 12.5. The Labute approximate surface area is 97.4 Å². The largest absolute Gasteiger partial charge is 0.303 e. The van der Waals surface area contributed by atoms with Gasteiger partial charge in [0, 0.05) is 18.4 Å². The fourth-order valence-corrected chi connectivity index (χ4v) is 2.89. The quantitative estimate of drug-likeness (QED) is 0.686. The van der Waals surface area contributed by atoms with Gasteiger partial charge in [0.05, 0.1) is 0 Å². The number of hydrogen-bond donors (Lipinski definition) is 0. The van der Waals surface area contributed by atoms with E-state index in [0.717, 1.165) is 23.1 Å². The minimum absolute atomic E-state index is 0.848. The molecule has 2 atom stereocenters. The lowest BCUT2D eigenvalue weighted by Crippen LogP contribution is -2.28. The first-order chi connectivity index (χ1) is 6.67. The van der Waals surface area contributed by atoms with Gasteiger partial charge in [-0.25, -0.2) is 0 Å². The summed E-state index contributed by atoms with van der Waals surface area (Å²) >= 11 is 3.60. The fraction of sp³-hybridized carbons (Fsp3) is 1.00. The number of halogens is 1. The van der Waals surface area contributed by atoms with Gasteiger partial charge < -0.3 is 4.90 Å². The van der Waals surface area contributed by atoms with Gasteiger partial charge in [-0.1, -0.05) is 43.1 Å². The molecule has 2 heteroatoms. The van der Waals surface area contributed by atoms with Crippen LogP contribution in [0.5, 0.6) is 0 Å². The van der Waals surface area contributed by atoms with Crippen molar-refractivity contribution in [3.63, 3.8) is 0 Å². The van der Waals surface area contributed by atoms with Gasteiger partial charge in [-0.15, -0.1) is 0 Å². The van der Waals surface area contributed by atoms with Gasteiger partial charge in [0.25, 0.3) is 0 Å². The van der Waals surface area contributed by atoms with Gasteiger partial charge in [-0.05, 0) is 30.7 Å². The van der Waals surface area contributed by atoms with Gasteiger partial charge in [-0.2, -0.15) is 0 Å². The molecular formula is C12H24BrN. The van der Waals surface area contributed by atoms with E-state index in [1.165, 1.54) is 32.5 Å². The van der Waals surface area contributed by atoms with E-state index in [2.05, 4.69) is 41.6 Å². The third-order valence-electron chi connectivity index (χ3n) is 3.56. The molecular weight excluding hydrogens is 238 g/mol. The molecule has 0 radical (unpaired) electrons. The Hall–Kier alpha value is 0.440. The average molecular weight is 262 g/mol. The molecule has 1 aliphatic heterocycles. The summed E-state index contributed by atoms with van der Waals surface area (Å²) in [5.41, 5.74) is 0. The van der Waals surface area contributed by atoms with E-state index >= 15 is 0 Å². The van der Waals surface area contributed by atoms with Crippen LogP contribution in [-0.4, -0.2) is 29.9 Å². The van der Waals surface area contributed by atoms with Gasteiger partial charge >= 0.3 is 0 Å². The molecule has 0 N–H and O–H groups in total. The lowest BCUT2D eigenvalue weighted by Gasteiger charge is -2.22. The molecule has 0 aliphatic carbocycles. The van der Waals surface area contributed by atoms with Crippen molar-refractivity contribution in [1.82, 2.24) is 4.90 Å². The van der Waals surface area contributed by atoms with Crippen LogP contribution >= 0.6 is 15.9 Å². The molecule has 1 saturated heterocycles. The maximum Gasteiger partial charge on any atom is 0.00717 e. The van der Waals surface area contributed by atoms with Crippen molar-refractivity contribution in [2.24, 2.45) is 17.8 Å². The molecule has 0 saturated carbocycles. The molecule has 2 unspecified atom stereocenters. The molecule has 0 amide bonds. The summed E-state index contributed by atoms with van der Waals surface area (Å²) in [4.78, 5) is 2.65. The zero-order valence-corrected chi connectivity index (χ0v) is 11.4. The molecule has 0 aromatic carbocycles. The molecule has 1 aliphatic rings. The van der Waals surface area contributed by atoms with Crippen molar-refractivity contribution in [2.75, 3.05) is 25.0 Å². The average Bonchev–Trinajstić information content (AvgIpc) is 2.62. The molecule has 14 heavy (non-hydrogen) atoms. The van der Waals surface area contributed by atoms with Crippen LogP contribution in [0.25, 0.3) is 0 Å². The van der Waals surface area contributed by atoms with E-state index in [0.29, 0.717) is 0 Å². The Morgan fingerprint density at radius 2 is 2.14 bits per heavy atom. The Morgan fingerprint density at radius 1 is 1.43 bits per heavy atom. The Balaban J connectivity index is 2.28. The third-order valence-corrected chi connectivity index (χ3v) is 4.48. The van der Waals surface area contributed by atoms with Gasteiger partial charge in [0.15, 0.2) is 0 Å². The highest BCUT2D eigenvalue weighted by Crippen LogP contribution is 2.24. The smallest absolute Gasteiger partial charge is 0.00717 e. The lowest BCUT2D eigenvalue weighted by molar-refractivity contribution is 0.265. The van der Waals surface area contributed by atoms with Crippen LogP contribution in [0.4, 0.5) is 0 Å². The van der Waals surface area contributed by atoms with Crippen molar-refractivity contribution in [3.8, 4) is 0 Å². The number of alkyl halides is 1. The number of hydrogen-bond acceptors (Lipinski definition) is 1. The molecule has 84 valence electrons. The Morgan fingerprint density at radius 3 is 2.57 bits per heavy atom. The van der Waals surface area contributed by atoms with Crippen LogP contribution in [0, 0.1) is 17.8 Å². The Kier molecular flexibility index (Phi) is 5.47. The van der Waals surface area contributed by atoms with Crippen LogP contribution < -0.4 is 0 Å². The summed E-state index contributed by atoms with van der Waals surface area (Å²) in [6.07, 6.45) is 2.71. The predicted molar refractivity (Wildman–Crippen MR) is 67.0 cm³/mol. The zero-order valence-electron chi connectivity index (χ0n) is 9.80. The van der Waals surface area contributed by atoms with Crippen molar-refractivity contribution in [1.29, 1.82) is 0 Å². The predicted octanol–water partition coefficient (Wildman–Crippen LogP) is 3.39. The van der Waals surface area contributed by atoms with Crippen LogP contribution in [0.2, 0.25) is 0 Å². The van der Waals surface area contributed by atoms with Gasteiger partial charge in [-0.3, -0.25) is 0 Å². The van der Waals surface area contributed by atoms with Crippen LogP contribution in [0.15, 0.2) is 0 Å². The van der Waals surface area contributed by atoms with E-state index in [9.17, 15) is 0 Å². The van der Waals surface area contributed by atoms with Crippen molar-refractivity contribution >= 4 is 15.9 Å². The molecule has 0 aromatic rings. The minimum atomic E-state index is 0.848. The normalized spacial score (nSPS) is 25.9. The molecule has 1 heterocycles. The second kappa shape index (κ2) is 6.12. The summed E-state index contributed by atoms with van der Waals surface area (Å²) in [6, 6.07) is 0. The van der Waals surface area contributed by atoms with Crippen molar-refractivity contribution in [2.45, 2.75) is 33.6 Å². The second-order valence-corrected chi connectivity index (χ2v) is 5.63. The fourth-order valence-electron chi connectivity index (χ4n) is 2.22. The summed E-state index contributed by atoms with van der Waals surface area (Å²) in [5.74, 6) is 2.66. The van der Waals surface area contributed by atoms with Crippen LogP contribution in [0.1, 0.15) is 33.6 Å². The topological polar surface area (TPSA) is 3.24 Å². The summed E-state index contributed by atoms with van der Waals surface area (Å²) in [6.45, 7) is 11.0. The SMILES string of the molecule is CCC(CBr)CN1CCC(C(C)C)C1. The molecule has 0 spiro atoms. The first-order valence-corrected chi connectivity index (χ1v) is 7.07. The molecule has 1 fully saturated rings. The maximum absolute atomic E-state index is 3.60. The zero-order chi connectivity index (χ0) is 10.6. The summed E-state index contributed by atoms with van der Waals surface area (Å²) in [5, 5.41) is 1.16. The van der Waals surface area contributed by atoms with E-state index in [4.69, 9.17) is 0 Å². The van der Waals surface area contributed by atoms with E-state index in [-0.39, 0.29) is 0 Å². The monoisotopic (exact) mass is 261 g/mol. The lowest BCUT2D eigenvalue weighted by atomic mass is 9.95. The van der Waals surface area contributed by atoms with E-state index in [1.54, 1.807) is 0 Å². The maximum atomic E-state index is 3.60. The highest BCUT2D eigenvalue weighted by molar-refractivity contribution is 9.09. The number of nitrogens with zero attached hydrogens (tertiary/aromatic N) is 1. The van der Waals surface area contributed by atoms with Crippen molar-refractivity contribution in [3.05, 3.63) is 0 Å². The summed E-state index contributed by atoms with van der Waals surface area (Å²) in [7, 11) is 0. The molecule has 1 rings (SSSR count). The second-order valence-electron chi connectivity index (χ2n) is 4.98. The first-order valence-electron chi connectivity index (χ1n) is 5.95. The molecule has 0 aromatic heterocycles. The van der Waals surface area contributed by atoms with Gasteiger partial charge in [0.2, 0.25) is 0 Å². The number of rotatable bonds is 5. The van der Waals surface area contributed by atoms with Crippen LogP contribution in [-0.2, 0) is 0 Å². The highest BCUT2D eigenvalue weighted by atomic mass is 79.9. The summed E-state index contributed by atoms with van der Waals surface area (Å²) < 4.78 is 0. The third kappa shape index (κ3) is 3.54. The number of likely N-dealkylation sites (tertiary alicyclic amines) is 1. The minimum Gasteiger partial charge on any atom is -0.303 e. The standard InChI is InChI=1S/C12H24BrN/c1-4-11(7-13)8-14-6-5-12(9-14)10(2)3/h10-12H,4-9H2,1-3H3. The van der Waals surface area contributed by atoms with E-state index in [1.807, 2.05) is 0 Å². The van der Waals surface area contributed by atoms with Gasteiger partial charge in [0.1, 0.15) is 0 Å². The molecule has 0 bridgehead atoms. The molecule has 1 nitrogen and oxygen atoms in total. The Bertz CT molecular complexity index is 154. The highest BCUT2D eigenvalue weighted by Gasteiger charge is 2.25.